The Bertz CT molecular complexity index is 677. The van der Waals surface area contributed by atoms with Gasteiger partial charge in [-0.15, -0.1) is 24.8 Å². The number of carbonyl (C=O) groups excluding carboxylic acids is 1. The number of imidazole rings is 1. The van der Waals surface area contributed by atoms with E-state index in [4.69, 9.17) is 5.73 Å². The number of carbonyl (C=O) groups is 1. The molecular weight excluding hydrogens is 371 g/mol. The number of amides is 1. The predicted molar refractivity (Wildman–Crippen MR) is 109 cm³/mol. The van der Waals surface area contributed by atoms with Crippen LogP contribution in [0.1, 0.15) is 30.7 Å². The molecule has 0 aliphatic heterocycles. The minimum atomic E-state index is 0. The molecule has 2 aromatic rings. The molecule has 7 heteroatoms. The van der Waals surface area contributed by atoms with Crippen LogP contribution in [0.4, 0.5) is 0 Å². The van der Waals surface area contributed by atoms with E-state index in [1.165, 1.54) is 5.56 Å². The first-order valence-electron chi connectivity index (χ1n) is 8.68. The van der Waals surface area contributed by atoms with E-state index in [1.54, 1.807) is 6.20 Å². The number of nitrogens with two attached hydrogens (primary N) is 1. The summed E-state index contributed by atoms with van der Waals surface area (Å²) in [5, 5.41) is 0. The molecule has 26 heavy (non-hydrogen) atoms. The third-order valence-electron chi connectivity index (χ3n) is 5.03. The average Bonchev–Trinajstić information content (AvgIpc) is 3.24. The van der Waals surface area contributed by atoms with Crippen LogP contribution in [-0.2, 0) is 17.9 Å². The Hall–Kier alpha value is -1.56. The molecule has 1 aromatic carbocycles. The highest BCUT2D eigenvalue weighted by Crippen LogP contribution is 2.32. The highest BCUT2D eigenvalue weighted by atomic mass is 35.5. The van der Waals surface area contributed by atoms with Gasteiger partial charge in [-0.1, -0.05) is 36.8 Å². The zero-order valence-electron chi connectivity index (χ0n) is 15.1. The molecule has 0 radical (unpaired) electrons. The molecule has 1 aromatic heterocycles. The fourth-order valence-corrected chi connectivity index (χ4v) is 3.63. The van der Waals surface area contributed by atoms with Gasteiger partial charge in [-0.25, -0.2) is 4.98 Å². The topological polar surface area (TPSA) is 64.2 Å². The predicted octanol–water partition coefficient (Wildman–Crippen LogP) is 3.11. The van der Waals surface area contributed by atoms with Crippen molar-refractivity contribution in [3.8, 4) is 0 Å². The van der Waals surface area contributed by atoms with Crippen LogP contribution in [0.25, 0.3) is 0 Å². The van der Waals surface area contributed by atoms with Gasteiger partial charge in [-0.2, -0.15) is 0 Å². The van der Waals surface area contributed by atoms with Gasteiger partial charge in [0.25, 0.3) is 0 Å². The maximum absolute atomic E-state index is 12.7. The van der Waals surface area contributed by atoms with Gasteiger partial charge in [-0.3, -0.25) is 4.79 Å². The van der Waals surface area contributed by atoms with Crippen molar-refractivity contribution in [1.29, 1.82) is 0 Å². The third kappa shape index (κ3) is 5.22. The van der Waals surface area contributed by atoms with E-state index in [2.05, 4.69) is 21.7 Å². The van der Waals surface area contributed by atoms with Crippen LogP contribution in [0.2, 0.25) is 0 Å². The van der Waals surface area contributed by atoms with Crippen molar-refractivity contribution in [3.05, 3.63) is 54.1 Å². The molecule has 5 nitrogen and oxygen atoms in total. The van der Waals surface area contributed by atoms with Crippen molar-refractivity contribution in [3.63, 3.8) is 0 Å². The van der Waals surface area contributed by atoms with Crippen LogP contribution in [0, 0.1) is 11.8 Å². The molecule has 0 spiro atoms. The van der Waals surface area contributed by atoms with Crippen LogP contribution >= 0.6 is 24.8 Å². The van der Waals surface area contributed by atoms with Crippen LogP contribution in [0.5, 0.6) is 0 Å². The molecular formula is C19H28Cl2N4O. The lowest BCUT2D eigenvalue weighted by molar-refractivity contribution is -0.135. The van der Waals surface area contributed by atoms with Gasteiger partial charge >= 0.3 is 0 Å². The molecule has 3 rings (SSSR count). The van der Waals surface area contributed by atoms with E-state index in [9.17, 15) is 4.79 Å². The van der Waals surface area contributed by atoms with E-state index in [0.717, 1.165) is 31.6 Å². The van der Waals surface area contributed by atoms with Gasteiger partial charge in [0, 0.05) is 31.9 Å². The second-order valence-corrected chi connectivity index (χ2v) is 6.68. The molecule has 0 bridgehead atoms. The molecule has 0 saturated heterocycles. The van der Waals surface area contributed by atoms with Crippen molar-refractivity contribution in [2.45, 2.75) is 32.4 Å². The lowest BCUT2D eigenvalue weighted by Crippen LogP contribution is -2.36. The summed E-state index contributed by atoms with van der Waals surface area (Å²) in [5.74, 6) is 1.54. The molecule has 144 valence electrons. The van der Waals surface area contributed by atoms with Gasteiger partial charge < -0.3 is 15.2 Å². The lowest BCUT2D eigenvalue weighted by atomic mass is 9.95. The maximum atomic E-state index is 12.7. The van der Waals surface area contributed by atoms with Crippen molar-refractivity contribution in [2.75, 3.05) is 13.6 Å². The Kier molecular flexibility index (Phi) is 9.13. The van der Waals surface area contributed by atoms with E-state index in [-0.39, 0.29) is 36.6 Å². The average molecular weight is 399 g/mol. The summed E-state index contributed by atoms with van der Waals surface area (Å²) in [6.07, 6.45) is 6.91. The number of halogens is 2. The minimum absolute atomic E-state index is 0. The number of nitrogens with zero attached hydrogens (tertiary/aromatic N) is 3. The normalized spacial score (nSPS) is 18.7. The first-order valence-corrected chi connectivity index (χ1v) is 8.68. The highest BCUT2D eigenvalue weighted by Gasteiger charge is 2.33. The monoisotopic (exact) mass is 398 g/mol. The fraction of sp³-hybridized carbons (Fsp3) is 0.474. The molecule has 1 aliphatic carbocycles. The van der Waals surface area contributed by atoms with Crippen molar-refractivity contribution >= 4 is 30.7 Å². The lowest BCUT2D eigenvalue weighted by Gasteiger charge is -2.24. The summed E-state index contributed by atoms with van der Waals surface area (Å²) in [5.41, 5.74) is 7.05. The van der Waals surface area contributed by atoms with E-state index in [0.29, 0.717) is 19.0 Å². The van der Waals surface area contributed by atoms with Crippen molar-refractivity contribution in [1.82, 2.24) is 14.5 Å². The number of aromatic nitrogens is 2. The maximum Gasteiger partial charge on any atom is 0.226 e. The number of hydrogen-bond donors (Lipinski definition) is 1. The summed E-state index contributed by atoms with van der Waals surface area (Å²) in [4.78, 5) is 19.0. The Labute approximate surface area is 167 Å². The molecule has 1 aliphatic rings. The molecule has 1 amide bonds. The van der Waals surface area contributed by atoms with Gasteiger partial charge in [0.05, 0.1) is 6.54 Å². The van der Waals surface area contributed by atoms with Crippen LogP contribution in [0.3, 0.4) is 0 Å². The van der Waals surface area contributed by atoms with Crippen LogP contribution < -0.4 is 5.73 Å². The Balaban J connectivity index is 0.00000169. The molecule has 1 saturated carbocycles. The second-order valence-electron chi connectivity index (χ2n) is 6.68. The molecule has 0 unspecified atom stereocenters. The van der Waals surface area contributed by atoms with Crippen LogP contribution in [-0.4, -0.2) is 34.0 Å². The van der Waals surface area contributed by atoms with Gasteiger partial charge in [0.15, 0.2) is 0 Å². The number of hydrogen-bond acceptors (Lipinski definition) is 3. The summed E-state index contributed by atoms with van der Waals surface area (Å²) < 4.78 is 2.11. The Morgan fingerprint density at radius 2 is 2.00 bits per heavy atom. The standard InChI is InChI=1S/C19H26N4O.2ClH/c1-22(19(24)17-9-5-8-16(17)12-20)14-18-21-10-11-23(18)13-15-6-3-2-4-7-15;;/h2-4,6-7,10-11,16-17H,5,8-9,12-14,20H2,1H3;2*1H/t16-,17-;;/m1../s1. The summed E-state index contributed by atoms with van der Waals surface area (Å²) >= 11 is 0. The second kappa shape index (κ2) is 10.6. The largest absolute Gasteiger partial charge is 0.338 e. The van der Waals surface area contributed by atoms with Gasteiger partial charge in [-0.05, 0) is 30.9 Å². The Morgan fingerprint density at radius 3 is 2.69 bits per heavy atom. The van der Waals surface area contributed by atoms with E-state index in [1.807, 2.05) is 36.3 Å². The highest BCUT2D eigenvalue weighted by molar-refractivity contribution is 5.85. The molecule has 1 heterocycles. The SMILES string of the molecule is CN(Cc1nccn1Cc1ccccc1)C(=O)[C@@H]1CCC[C@@H]1CN.Cl.Cl. The zero-order valence-corrected chi connectivity index (χ0v) is 16.7. The van der Waals surface area contributed by atoms with E-state index < -0.39 is 0 Å². The minimum Gasteiger partial charge on any atom is -0.338 e. The molecule has 2 N–H and O–H groups in total. The summed E-state index contributed by atoms with van der Waals surface area (Å²) in [7, 11) is 1.87. The fourth-order valence-electron chi connectivity index (χ4n) is 3.63. The smallest absolute Gasteiger partial charge is 0.226 e. The van der Waals surface area contributed by atoms with Gasteiger partial charge in [0.1, 0.15) is 5.82 Å². The number of rotatable bonds is 6. The zero-order chi connectivity index (χ0) is 16.9. The van der Waals surface area contributed by atoms with Crippen LogP contribution in [0.15, 0.2) is 42.7 Å². The molecule has 1 fully saturated rings. The summed E-state index contributed by atoms with van der Waals surface area (Å²) in [6, 6.07) is 10.3. The summed E-state index contributed by atoms with van der Waals surface area (Å²) in [6.45, 7) is 1.91. The van der Waals surface area contributed by atoms with Crippen molar-refractivity contribution in [2.24, 2.45) is 17.6 Å². The number of benzene rings is 1. The van der Waals surface area contributed by atoms with E-state index >= 15 is 0 Å². The first kappa shape index (κ1) is 22.5. The Morgan fingerprint density at radius 1 is 1.27 bits per heavy atom. The molecule has 2 atom stereocenters. The van der Waals surface area contributed by atoms with Gasteiger partial charge in [0.2, 0.25) is 5.91 Å². The van der Waals surface area contributed by atoms with Crippen molar-refractivity contribution < 1.29 is 4.79 Å². The third-order valence-corrected chi connectivity index (χ3v) is 5.03. The quantitative estimate of drug-likeness (QED) is 0.812. The first-order chi connectivity index (χ1) is 11.7.